The second kappa shape index (κ2) is 3.90. The predicted octanol–water partition coefficient (Wildman–Crippen LogP) is 2.43. The van der Waals surface area contributed by atoms with Gasteiger partial charge in [0.25, 0.3) is 0 Å². The van der Waals surface area contributed by atoms with Gasteiger partial charge in [-0.1, -0.05) is 48.6 Å². The topological polar surface area (TPSA) is 0 Å². The van der Waals surface area contributed by atoms with Crippen molar-refractivity contribution in [3.8, 4) is 0 Å². The molecular formula is C9H9. The summed E-state index contributed by atoms with van der Waals surface area (Å²) in [7, 11) is 0. The van der Waals surface area contributed by atoms with Crippen LogP contribution in [0.3, 0.4) is 0 Å². The van der Waals surface area contributed by atoms with E-state index < -0.39 is 0 Å². The summed E-state index contributed by atoms with van der Waals surface area (Å²) in [5.74, 6) is 0. The van der Waals surface area contributed by atoms with Crippen LogP contribution in [0.1, 0.15) is 0 Å². The Kier molecular flexibility index (Phi) is 2.64. The fourth-order valence-electron chi connectivity index (χ4n) is 0.577. The maximum absolute atomic E-state index is 2.00. The maximum atomic E-state index is 2.00. The maximum Gasteiger partial charge on any atom is 0.00506 e. The molecule has 0 aliphatic heterocycles. The molecular weight excluding hydrogens is 108 g/mol. The van der Waals surface area contributed by atoms with Crippen LogP contribution in [0.15, 0.2) is 48.6 Å². The van der Waals surface area contributed by atoms with Crippen LogP contribution in [0.5, 0.6) is 0 Å². The van der Waals surface area contributed by atoms with Crippen LogP contribution in [0.25, 0.3) is 0 Å². The lowest BCUT2D eigenvalue weighted by atomic mass is 10.3. The van der Waals surface area contributed by atoms with E-state index in [1.807, 2.05) is 55.0 Å². The van der Waals surface area contributed by atoms with Crippen molar-refractivity contribution in [3.63, 3.8) is 0 Å². The number of rotatable bonds is 0. The van der Waals surface area contributed by atoms with Gasteiger partial charge in [-0.05, 0) is 0 Å². The molecule has 0 fully saturated rings. The van der Waals surface area contributed by atoms with Gasteiger partial charge < -0.3 is 0 Å². The van der Waals surface area contributed by atoms with Crippen molar-refractivity contribution in [1.82, 2.24) is 0 Å². The lowest BCUT2D eigenvalue weighted by Gasteiger charge is -1.73. The molecule has 9 heavy (non-hydrogen) atoms. The average Bonchev–Trinajstić information content (AvgIpc) is 2.00. The minimum Gasteiger partial charge on any atom is -0.0767 e. The van der Waals surface area contributed by atoms with Gasteiger partial charge in [0, 0.05) is 6.42 Å². The zero-order valence-electron chi connectivity index (χ0n) is 5.20. The van der Waals surface area contributed by atoms with E-state index in [1.54, 1.807) is 0 Å². The lowest BCUT2D eigenvalue weighted by molar-refractivity contribution is 1.74. The number of allylic oxidation sites excluding steroid dienone is 8. The van der Waals surface area contributed by atoms with Gasteiger partial charge in [0.2, 0.25) is 0 Å². The van der Waals surface area contributed by atoms with Crippen LogP contribution in [-0.2, 0) is 0 Å². The van der Waals surface area contributed by atoms with Crippen molar-refractivity contribution in [3.05, 3.63) is 55.0 Å². The molecule has 0 N–H and O–H groups in total. The normalized spacial score (nSPS) is 16.9. The molecule has 1 aliphatic rings. The highest BCUT2D eigenvalue weighted by Crippen LogP contribution is 1.90. The molecule has 45 valence electrons. The van der Waals surface area contributed by atoms with E-state index >= 15 is 0 Å². The molecule has 1 aliphatic carbocycles. The Morgan fingerprint density at radius 1 is 0.333 bits per heavy atom. The Bertz CT molecular complexity index is 148. The molecule has 0 spiro atoms. The Morgan fingerprint density at radius 3 is 1.11 bits per heavy atom. The molecule has 0 bridgehead atoms. The number of hydrogen-bond donors (Lipinski definition) is 0. The molecule has 0 saturated heterocycles. The summed E-state index contributed by atoms with van der Waals surface area (Å²) in [6, 6.07) is 0. The molecule has 0 aromatic heterocycles. The van der Waals surface area contributed by atoms with Crippen LogP contribution in [0.2, 0.25) is 0 Å². The van der Waals surface area contributed by atoms with E-state index in [0.717, 1.165) is 0 Å². The molecule has 0 heterocycles. The summed E-state index contributed by atoms with van der Waals surface area (Å²) in [5, 5.41) is 0. The summed E-state index contributed by atoms with van der Waals surface area (Å²) >= 11 is 0. The monoisotopic (exact) mass is 117 g/mol. The summed E-state index contributed by atoms with van der Waals surface area (Å²) in [4.78, 5) is 0. The van der Waals surface area contributed by atoms with Crippen LogP contribution in [0.4, 0.5) is 0 Å². The first-order valence-electron chi connectivity index (χ1n) is 3.00. The quantitative estimate of drug-likeness (QED) is 0.457. The molecule has 0 heteroatoms. The fraction of sp³-hybridized carbons (Fsp3) is 0. The van der Waals surface area contributed by atoms with E-state index in [9.17, 15) is 0 Å². The van der Waals surface area contributed by atoms with Gasteiger partial charge in [0.05, 0.1) is 0 Å². The molecule has 0 unspecified atom stereocenters. The van der Waals surface area contributed by atoms with Crippen molar-refractivity contribution >= 4 is 0 Å². The van der Waals surface area contributed by atoms with Crippen LogP contribution >= 0.6 is 0 Å². The standard InChI is InChI=1S/C9H9/c1-2-4-6-8-9-7-5-3-1/h1-9H. The lowest BCUT2D eigenvalue weighted by Crippen LogP contribution is -1.55. The highest BCUT2D eigenvalue weighted by molar-refractivity contribution is 5.23. The Morgan fingerprint density at radius 2 is 0.667 bits per heavy atom. The average molecular weight is 117 g/mol. The van der Waals surface area contributed by atoms with Crippen LogP contribution in [-0.4, -0.2) is 0 Å². The summed E-state index contributed by atoms with van der Waals surface area (Å²) in [6.07, 6.45) is 18.0. The second-order valence-electron chi connectivity index (χ2n) is 1.73. The zero-order chi connectivity index (χ0) is 6.36. The highest BCUT2D eigenvalue weighted by Gasteiger charge is 1.70. The van der Waals surface area contributed by atoms with Gasteiger partial charge in [0.15, 0.2) is 0 Å². The first-order valence-corrected chi connectivity index (χ1v) is 3.00. The fourth-order valence-corrected chi connectivity index (χ4v) is 0.577. The third-order valence-corrected chi connectivity index (χ3v) is 1.00. The van der Waals surface area contributed by atoms with Crippen molar-refractivity contribution < 1.29 is 0 Å². The minimum absolute atomic E-state index is 2.00. The van der Waals surface area contributed by atoms with Gasteiger partial charge in [-0.3, -0.25) is 0 Å². The Labute approximate surface area is 55.9 Å². The predicted molar refractivity (Wildman–Crippen MR) is 40.9 cm³/mol. The van der Waals surface area contributed by atoms with Gasteiger partial charge >= 0.3 is 0 Å². The minimum atomic E-state index is 2.00. The highest BCUT2D eigenvalue weighted by atomic mass is 13.8. The van der Waals surface area contributed by atoms with E-state index in [-0.39, 0.29) is 0 Å². The molecule has 0 atom stereocenters. The van der Waals surface area contributed by atoms with Crippen molar-refractivity contribution in [2.24, 2.45) is 0 Å². The van der Waals surface area contributed by atoms with Gasteiger partial charge in [0.1, 0.15) is 0 Å². The van der Waals surface area contributed by atoms with Gasteiger partial charge in [-0.15, -0.1) is 0 Å². The molecule has 1 radical (unpaired) electrons. The molecule has 0 saturated carbocycles. The smallest absolute Gasteiger partial charge is 0.00506 e. The SMILES string of the molecule is [CH]1C=CC=CC=CC=C1. The van der Waals surface area contributed by atoms with Crippen LogP contribution < -0.4 is 0 Å². The second-order valence-corrected chi connectivity index (χ2v) is 1.73. The van der Waals surface area contributed by atoms with E-state index in [0.29, 0.717) is 0 Å². The van der Waals surface area contributed by atoms with Crippen molar-refractivity contribution in [2.75, 3.05) is 0 Å². The van der Waals surface area contributed by atoms with Gasteiger partial charge in [-0.25, -0.2) is 0 Å². The van der Waals surface area contributed by atoms with E-state index in [4.69, 9.17) is 0 Å². The largest absolute Gasteiger partial charge is 0.0767 e. The summed E-state index contributed by atoms with van der Waals surface area (Å²) < 4.78 is 0. The molecule has 1 rings (SSSR count). The Hall–Kier alpha value is -1.04. The van der Waals surface area contributed by atoms with Crippen molar-refractivity contribution in [1.29, 1.82) is 0 Å². The first-order chi connectivity index (χ1) is 4.50. The van der Waals surface area contributed by atoms with Crippen molar-refractivity contribution in [2.45, 2.75) is 0 Å². The zero-order valence-corrected chi connectivity index (χ0v) is 5.20. The van der Waals surface area contributed by atoms with E-state index in [2.05, 4.69) is 0 Å². The van der Waals surface area contributed by atoms with Crippen LogP contribution in [0, 0.1) is 6.42 Å². The number of hydrogen-bond acceptors (Lipinski definition) is 0. The van der Waals surface area contributed by atoms with E-state index in [1.165, 1.54) is 0 Å². The molecule has 0 nitrogen and oxygen atoms in total. The first kappa shape index (κ1) is 6.09. The molecule has 0 aromatic carbocycles. The summed E-state index contributed by atoms with van der Waals surface area (Å²) in [5.41, 5.74) is 0. The third kappa shape index (κ3) is 2.70. The third-order valence-electron chi connectivity index (χ3n) is 1.00. The van der Waals surface area contributed by atoms with Gasteiger partial charge in [-0.2, -0.15) is 0 Å². The summed E-state index contributed by atoms with van der Waals surface area (Å²) in [6.45, 7) is 0. The Balaban J connectivity index is 2.60. The molecule has 0 amide bonds. The molecule has 0 aromatic rings.